The first kappa shape index (κ1) is 14.7. The van der Waals surface area contributed by atoms with E-state index >= 15 is 0 Å². The van der Waals surface area contributed by atoms with Gasteiger partial charge in [0.1, 0.15) is 6.61 Å². The first-order chi connectivity index (χ1) is 7.91. The van der Waals surface area contributed by atoms with E-state index in [-0.39, 0.29) is 11.7 Å². The summed E-state index contributed by atoms with van der Waals surface area (Å²) in [4.78, 5) is 11.6. The van der Waals surface area contributed by atoms with Gasteiger partial charge in [-0.1, -0.05) is 41.0 Å². The molecule has 0 spiro atoms. The lowest BCUT2D eigenvalue weighted by molar-refractivity contribution is -0.132. The van der Waals surface area contributed by atoms with Gasteiger partial charge in [-0.15, -0.1) is 0 Å². The van der Waals surface area contributed by atoms with Crippen molar-refractivity contribution < 1.29 is 9.53 Å². The van der Waals surface area contributed by atoms with Gasteiger partial charge in [-0.2, -0.15) is 0 Å². The minimum Gasteiger partial charge on any atom is -0.370 e. The monoisotopic (exact) mass is 240 g/mol. The Hall–Kier alpha value is -0.370. The maximum atomic E-state index is 11.6. The van der Waals surface area contributed by atoms with Crippen molar-refractivity contribution in [2.45, 2.75) is 60.0 Å². The van der Waals surface area contributed by atoms with E-state index < -0.39 is 0 Å². The van der Waals surface area contributed by atoms with E-state index in [1.54, 1.807) is 0 Å². The van der Waals surface area contributed by atoms with Gasteiger partial charge in [0, 0.05) is 5.92 Å². The van der Waals surface area contributed by atoms with Crippen molar-refractivity contribution in [2.24, 2.45) is 23.7 Å². The standard InChI is InChI=1S/C15H28O2/c1-10(2)13-7-6-12(5)8-15(13)17-9-14(16)11(3)4/h10-13,15H,6-9H2,1-5H3/t12-,13-,15+/m1/s1. The lowest BCUT2D eigenvalue weighted by atomic mass is 9.75. The number of carbonyl (C=O) groups is 1. The molecule has 0 unspecified atom stereocenters. The lowest BCUT2D eigenvalue weighted by Gasteiger charge is -2.37. The van der Waals surface area contributed by atoms with Crippen molar-refractivity contribution in [1.29, 1.82) is 0 Å². The van der Waals surface area contributed by atoms with Gasteiger partial charge in [-0.05, 0) is 30.6 Å². The zero-order chi connectivity index (χ0) is 13.0. The average Bonchev–Trinajstić information content (AvgIpc) is 2.25. The van der Waals surface area contributed by atoms with Crippen LogP contribution in [0, 0.1) is 23.7 Å². The number of hydrogen-bond donors (Lipinski definition) is 0. The number of ether oxygens (including phenoxy) is 1. The summed E-state index contributed by atoms with van der Waals surface area (Å²) in [6.45, 7) is 11.0. The Morgan fingerprint density at radius 1 is 1.24 bits per heavy atom. The summed E-state index contributed by atoms with van der Waals surface area (Å²) in [6.07, 6.45) is 3.97. The molecule has 3 atom stereocenters. The van der Waals surface area contributed by atoms with Crippen molar-refractivity contribution >= 4 is 5.78 Å². The fraction of sp³-hybridized carbons (Fsp3) is 0.933. The van der Waals surface area contributed by atoms with Crippen LogP contribution in [-0.2, 0) is 9.53 Å². The van der Waals surface area contributed by atoms with Crippen LogP contribution in [0.3, 0.4) is 0 Å². The van der Waals surface area contributed by atoms with E-state index in [2.05, 4.69) is 20.8 Å². The van der Waals surface area contributed by atoms with E-state index in [9.17, 15) is 4.79 Å². The lowest BCUT2D eigenvalue weighted by Crippen LogP contribution is -2.36. The maximum Gasteiger partial charge on any atom is 0.160 e. The highest BCUT2D eigenvalue weighted by atomic mass is 16.5. The summed E-state index contributed by atoms with van der Waals surface area (Å²) in [5.74, 6) is 2.34. The Morgan fingerprint density at radius 2 is 1.88 bits per heavy atom. The average molecular weight is 240 g/mol. The summed E-state index contributed by atoms with van der Waals surface area (Å²) < 4.78 is 5.90. The molecule has 2 heteroatoms. The molecule has 100 valence electrons. The second-order valence-corrected chi connectivity index (χ2v) is 6.30. The normalized spacial score (nSPS) is 29.9. The molecule has 0 aromatic heterocycles. The fourth-order valence-corrected chi connectivity index (χ4v) is 2.66. The van der Waals surface area contributed by atoms with Gasteiger partial charge in [0.05, 0.1) is 6.10 Å². The summed E-state index contributed by atoms with van der Waals surface area (Å²) >= 11 is 0. The Balaban J connectivity index is 2.49. The number of ketones is 1. The Kier molecular flexibility index (Phi) is 5.64. The molecule has 0 aromatic rings. The van der Waals surface area contributed by atoms with E-state index in [4.69, 9.17) is 4.74 Å². The third-order valence-corrected chi connectivity index (χ3v) is 4.04. The second-order valence-electron chi connectivity index (χ2n) is 6.30. The molecular weight excluding hydrogens is 212 g/mol. The van der Waals surface area contributed by atoms with Gasteiger partial charge in [-0.3, -0.25) is 4.79 Å². The van der Waals surface area contributed by atoms with Gasteiger partial charge >= 0.3 is 0 Å². The zero-order valence-electron chi connectivity index (χ0n) is 12.0. The van der Waals surface area contributed by atoms with Crippen molar-refractivity contribution in [3.8, 4) is 0 Å². The first-order valence-electron chi connectivity index (χ1n) is 7.06. The molecule has 0 amide bonds. The molecule has 0 saturated heterocycles. The molecule has 1 aliphatic carbocycles. The molecular formula is C15H28O2. The van der Waals surface area contributed by atoms with Crippen LogP contribution in [0.25, 0.3) is 0 Å². The van der Waals surface area contributed by atoms with Crippen molar-refractivity contribution in [1.82, 2.24) is 0 Å². The van der Waals surface area contributed by atoms with Crippen LogP contribution in [0.15, 0.2) is 0 Å². The van der Waals surface area contributed by atoms with Crippen LogP contribution in [0.4, 0.5) is 0 Å². The molecule has 1 saturated carbocycles. The molecule has 1 rings (SSSR count). The summed E-state index contributed by atoms with van der Waals surface area (Å²) in [6, 6.07) is 0. The Bertz CT molecular complexity index is 245. The van der Waals surface area contributed by atoms with Crippen LogP contribution < -0.4 is 0 Å². The number of hydrogen-bond acceptors (Lipinski definition) is 2. The topological polar surface area (TPSA) is 26.3 Å². The minimum absolute atomic E-state index is 0.0912. The molecule has 0 bridgehead atoms. The highest BCUT2D eigenvalue weighted by Crippen LogP contribution is 2.35. The van der Waals surface area contributed by atoms with Crippen LogP contribution in [-0.4, -0.2) is 18.5 Å². The molecule has 0 radical (unpaired) electrons. The summed E-state index contributed by atoms with van der Waals surface area (Å²) in [7, 11) is 0. The molecule has 17 heavy (non-hydrogen) atoms. The highest BCUT2D eigenvalue weighted by molar-refractivity contribution is 5.81. The van der Waals surface area contributed by atoms with Crippen LogP contribution in [0.5, 0.6) is 0 Å². The molecule has 0 heterocycles. The number of carbonyl (C=O) groups excluding carboxylic acids is 1. The van der Waals surface area contributed by atoms with E-state index in [1.165, 1.54) is 12.8 Å². The van der Waals surface area contributed by atoms with Gasteiger partial charge in [-0.25, -0.2) is 0 Å². The Morgan fingerprint density at radius 3 is 2.41 bits per heavy atom. The van der Waals surface area contributed by atoms with Gasteiger partial charge in [0.25, 0.3) is 0 Å². The summed E-state index contributed by atoms with van der Waals surface area (Å²) in [5.41, 5.74) is 0. The van der Waals surface area contributed by atoms with Crippen LogP contribution in [0.1, 0.15) is 53.9 Å². The smallest absolute Gasteiger partial charge is 0.160 e. The first-order valence-corrected chi connectivity index (χ1v) is 7.06. The predicted molar refractivity (Wildman–Crippen MR) is 70.9 cm³/mol. The zero-order valence-corrected chi connectivity index (χ0v) is 12.0. The van der Waals surface area contributed by atoms with Gasteiger partial charge in [0.15, 0.2) is 5.78 Å². The molecule has 0 aliphatic heterocycles. The van der Waals surface area contributed by atoms with E-state index in [1.807, 2.05) is 13.8 Å². The minimum atomic E-state index is 0.0912. The summed E-state index contributed by atoms with van der Waals surface area (Å²) in [5, 5.41) is 0. The van der Waals surface area contributed by atoms with E-state index in [0.717, 1.165) is 12.3 Å². The van der Waals surface area contributed by atoms with Crippen molar-refractivity contribution in [3.63, 3.8) is 0 Å². The van der Waals surface area contributed by atoms with Gasteiger partial charge in [0.2, 0.25) is 0 Å². The van der Waals surface area contributed by atoms with Gasteiger partial charge < -0.3 is 4.74 Å². The van der Waals surface area contributed by atoms with Crippen molar-refractivity contribution in [2.75, 3.05) is 6.61 Å². The third-order valence-electron chi connectivity index (χ3n) is 4.04. The SMILES string of the molecule is CC(C)C(=O)CO[C@H]1C[C@H](C)CC[C@@H]1C(C)C. The number of rotatable bonds is 5. The van der Waals surface area contributed by atoms with Crippen LogP contribution >= 0.6 is 0 Å². The van der Waals surface area contributed by atoms with Crippen LogP contribution in [0.2, 0.25) is 0 Å². The molecule has 1 aliphatic rings. The van der Waals surface area contributed by atoms with Crippen molar-refractivity contribution in [3.05, 3.63) is 0 Å². The molecule has 2 nitrogen and oxygen atoms in total. The molecule has 0 N–H and O–H groups in total. The highest BCUT2D eigenvalue weighted by Gasteiger charge is 2.31. The number of Topliss-reactive ketones (excluding diaryl/α,β-unsaturated/α-hetero) is 1. The third kappa shape index (κ3) is 4.42. The predicted octanol–water partition coefficient (Wildman–Crippen LogP) is 3.69. The fourth-order valence-electron chi connectivity index (χ4n) is 2.66. The molecule has 0 aromatic carbocycles. The molecule has 1 fully saturated rings. The Labute approximate surface area is 106 Å². The second kappa shape index (κ2) is 6.53. The van der Waals surface area contributed by atoms with E-state index in [0.29, 0.717) is 24.5 Å². The quantitative estimate of drug-likeness (QED) is 0.732. The largest absolute Gasteiger partial charge is 0.370 e. The maximum absolute atomic E-state index is 11.6.